The van der Waals surface area contributed by atoms with Gasteiger partial charge in [0.1, 0.15) is 6.04 Å². The fraction of sp³-hybridized carbons (Fsp3) is 0.654. The average Bonchev–Trinajstić information content (AvgIpc) is 3.38. The Hall–Kier alpha value is -2.06. The lowest BCUT2D eigenvalue weighted by molar-refractivity contribution is -0.154. The first-order valence-electron chi connectivity index (χ1n) is 12.4. The van der Waals surface area contributed by atoms with Crippen LogP contribution in [0.15, 0.2) is 18.2 Å². The molecule has 1 aromatic rings. The number of esters is 1. The second kappa shape index (κ2) is 9.90. The number of aliphatic hydroxyl groups is 1. The van der Waals surface area contributed by atoms with E-state index in [0.717, 1.165) is 29.7 Å². The maximum absolute atomic E-state index is 13.9. The molecular formula is C26H36N2O5S. The molecule has 2 N–H and O–H groups in total. The van der Waals surface area contributed by atoms with Crippen molar-refractivity contribution >= 4 is 35.2 Å². The number of thioether (sulfide) groups is 1. The number of likely N-dealkylation sites (tertiary alicyclic amines) is 1. The molecule has 3 saturated heterocycles. The first-order chi connectivity index (χ1) is 16.3. The molecule has 4 rings (SSSR count). The minimum atomic E-state index is -0.650. The Kier molecular flexibility index (Phi) is 7.29. The maximum atomic E-state index is 13.9. The summed E-state index contributed by atoms with van der Waals surface area (Å²) in [7, 11) is 0. The molecule has 3 unspecified atom stereocenters. The minimum Gasteiger partial charge on any atom is -0.466 e. The number of nitrogens with zero attached hydrogens (tertiary/aromatic N) is 1. The Morgan fingerprint density at radius 2 is 2.03 bits per heavy atom. The van der Waals surface area contributed by atoms with E-state index in [9.17, 15) is 14.4 Å². The second-order valence-electron chi connectivity index (χ2n) is 9.93. The van der Waals surface area contributed by atoms with Crippen LogP contribution >= 0.6 is 11.8 Å². The molecule has 1 spiro atoms. The highest BCUT2D eigenvalue weighted by molar-refractivity contribution is 8.02. The third-order valence-electron chi connectivity index (χ3n) is 7.76. The van der Waals surface area contributed by atoms with Crippen LogP contribution in [0.5, 0.6) is 0 Å². The molecule has 3 fully saturated rings. The van der Waals surface area contributed by atoms with Gasteiger partial charge in [-0.15, -0.1) is 11.8 Å². The van der Waals surface area contributed by atoms with Crippen LogP contribution in [-0.4, -0.2) is 63.6 Å². The molecule has 0 radical (unpaired) electrons. The topological polar surface area (TPSA) is 95.9 Å². The summed E-state index contributed by atoms with van der Waals surface area (Å²) in [4.78, 5) is 42.5. The number of hydrogen-bond acceptors (Lipinski definition) is 6. The lowest BCUT2D eigenvalue weighted by atomic mass is 9.66. The van der Waals surface area contributed by atoms with Crippen LogP contribution in [0.2, 0.25) is 0 Å². The van der Waals surface area contributed by atoms with Crippen LogP contribution in [0, 0.1) is 31.6 Å². The van der Waals surface area contributed by atoms with E-state index < -0.39 is 22.6 Å². The Bertz CT molecular complexity index is 969. The molecule has 1 aromatic carbocycles. The van der Waals surface area contributed by atoms with Crippen molar-refractivity contribution in [3.8, 4) is 0 Å². The van der Waals surface area contributed by atoms with E-state index in [4.69, 9.17) is 9.84 Å². The molecule has 7 nitrogen and oxygen atoms in total. The molecule has 8 heteroatoms. The molecule has 34 heavy (non-hydrogen) atoms. The van der Waals surface area contributed by atoms with Crippen molar-refractivity contribution in [2.24, 2.45) is 17.8 Å². The molecule has 3 heterocycles. The van der Waals surface area contributed by atoms with Crippen LogP contribution < -0.4 is 5.32 Å². The van der Waals surface area contributed by atoms with Gasteiger partial charge >= 0.3 is 5.97 Å². The maximum Gasteiger partial charge on any atom is 0.310 e. The smallest absolute Gasteiger partial charge is 0.310 e. The van der Waals surface area contributed by atoms with Gasteiger partial charge in [-0.05, 0) is 69.6 Å². The lowest BCUT2D eigenvalue weighted by Gasteiger charge is -2.38. The molecule has 3 aliphatic heterocycles. The Morgan fingerprint density at radius 3 is 2.74 bits per heavy atom. The van der Waals surface area contributed by atoms with Gasteiger partial charge in [0, 0.05) is 24.1 Å². The Labute approximate surface area is 206 Å². The third kappa shape index (κ3) is 4.02. The van der Waals surface area contributed by atoms with Gasteiger partial charge in [0.2, 0.25) is 11.8 Å². The van der Waals surface area contributed by atoms with Crippen molar-refractivity contribution in [1.29, 1.82) is 0 Å². The number of carbonyl (C=O) groups is 3. The predicted molar refractivity (Wildman–Crippen MR) is 132 cm³/mol. The van der Waals surface area contributed by atoms with E-state index >= 15 is 0 Å². The van der Waals surface area contributed by atoms with Crippen LogP contribution in [0.25, 0.3) is 0 Å². The summed E-state index contributed by atoms with van der Waals surface area (Å²) in [6, 6.07) is 5.29. The van der Waals surface area contributed by atoms with Gasteiger partial charge in [0.05, 0.1) is 23.2 Å². The number of nitrogens with one attached hydrogen (secondary N) is 1. The van der Waals surface area contributed by atoms with Crippen molar-refractivity contribution in [3.05, 3.63) is 29.3 Å². The average molecular weight is 489 g/mol. The van der Waals surface area contributed by atoms with Gasteiger partial charge in [-0.25, -0.2) is 0 Å². The first-order valence-corrected chi connectivity index (χ1v) is 13.3. The summed E-state index contributed by atoms with van der Waals surface area (Å²) >= 11 is 1.66. The lowest BCUT2D eigenvalue weighted by Crippen LogP contribution is -2.54. The van der Waals surface area contributed by atoms with Crippen molar-refractivity contribution in [2.75, 3.05) is 25.1 Å². The summed E-state index contributed by atoms with van der Waals surface area (Å²) in [6.07, 6.45) is 2.93. The van der Waals surface area contributed by atoms with Gasteiger partial charge in [0.25, 0.3) is 0 Å². The molecular weight excluding hydrogens is 452 g/mol. The van der Waals surface area contributed by atoms with Gasteiger partial charge in [-0.3, -0.25) is 14.4 Å². The first kappa shape index (κ1) is 25.0. The van der Waals surface area contributed by atoms with E-state index in [1.54, 1.807) is 23.6 Å². The number of rotatable bonds is 9. The summed E-state index contributed by atoms with van der Waals surface area (Å²) in [6.45, 7) is 8.65. The SMILES string of the molecule is CCOC(=O)[C@@H]1[C@@H]2CC(C)C3(S2)C(C(=O)Nc2cc(C)ccc2C)N(CCCCCO)C(=O)[C@H]13. The molecule has 2 bridgehead atoms. The monoisotopic (exact) mass is 488 g/mol. The number of carbonyl (C=O) groups excluding carboxylic acids is 3. The van der Waals surface area contributed by atoms with Crippen LogP contribution in [0.4, 0.5) is 5.69 Å². The number of ether oxygens (including phenoxy) is 1. The zero-order chi connectivity index (χ0) is 24.6. The zero-order valence-corrected chi connectivity index (χ0v) is 21.3. The van der Waals surface area contributed by atoms with Crippen molar-refractivity contribution < 1.29 is 24.2 Å². The number of aryl methyl sites for hydroxylation is 2. The van der Waals surface area contributed by atoms with Gasteiger partial charge < -0.3 is 20.1 Å². The van der Waals surface area contributed by atoms with E-state index in [1.165, 1.54) is 0 Å². The van der Waals surface area contributed by atoms with Crippen LogP contribution in [-0.2, 0) is 19.1 Å². The number of unbranched alkanes of at least 4 members (excludes halogenated alkanes) is 2. The van der Waals surface area contributed by atoms with Crippen molar-refractivity contribution in [2.45, 2.75) is 69.4 Å². The molecule has 3 aliphatic rings. The summed E-state index contributed by atoms with van der Waals surface area (Å²) < 4.78 is 4.74. The standard InChI is InChI=1S/C26H36N2O5S/c1-5-33-25(32)20-19-14-17(4)26(34-19)21(20)24(31)28(11-7-6-8-12-29)22(26)23(30)27-18-13-15(2)9-10-16(18)3/h9-10,13,17,19-22,29H,5-8,11-12,14H2,1-4H3,(H,27,30)/t17?,19-,20+,21-,22?,26?/m0/s1. The number of hydrogen-bond donors (Lipinski definition) is 2. The third-order valence-corrected chi connectivity index (χ3v) is 9.84. The fourth-order valence-electron chi connectivity index (χ4n) is 6.21. The van der Waals surface area contributed by atoms with Gasteiger partial charge in [0.15, 0.2) is 0 Å². The molecule has 186 valence electrons. The van der Waals surface area contributed by atoms with Crippen LogP contribution in [0.1, 0.15) is 50.7 Å². The number of amides is 2. The summed E-state index contributed by atoms with van der Waals surface area (Å²) in [5.41, 5.74) is 2.77. The Balaban J connectivity index is 1.70. The Morgan fingerprint density at radius 1 is 1.26 bits per heavy atom. The van der Waals surface area contributed by atoms with E-state index in [2.05, 4.69) is 12.2 Å². The zero-order valence-electron chi connectivity index (χ0n) is 20.5. The largest absolute Gasteiger partial charge is 0.466 e. The second-order valence-corrected chi connectivity index (χ2v) is 11.5. The normalized spacial score (nSPS) is 31.6. The number of benzene rings is 1. The fourth-order valence-corrected chi connectivity index (χ4v) is 8.62. The molecule has 0 aliphatic carbocycles. The van der Waals surface area contributed by atoms with Crippen molar-refractivity contribution in [1.82, 2.24) is 4.90 Å². The predicted octanol–water partition coefficient (Wildman–Crippen LogP) is 3.30. The highest BCUT2D eigenvalue weighted by Crippen LogP contribution is 2.68. The number of anilines is 1. The quantitative estimate of drug-likeness (QED) is 0.409. The highest BCUT2D eigenvalue weighted by atomic mass is 32.2. The minimum absolute atomic E-state index is 0.00413. The van der Waals surface area contributed by atoms with E-state index in [-0.39, 0.29) is 42.2 Å². The molecule has 0 aromatic heterocycles. The molecule has 0 saturated carbocycles. The van der Waals surface area contributed by atoms with Gasteiger partial charge in [-0.2, -0.15) is 0 Å². The van der Waals surface area contributed by atoms with E-state index in [0.29, 0.717) is 19.4 Å². The number of fused-ring (bicyclic) bond motifs is 1. The highest BCUT2D eigenvalue weighted by Gasteiger charge is 2.76. The van der Waals surface area contributed by atoms with E-state index in [1.807, 2.05) is 32.0 Å². The van der Waals surface area contributed by atoms with Gasteiger partial charge in [-0.1, -0.05) is 19.1 Å². The molecule has 2 amide bonds. The summed E-state index contributed by atoms with van der Waals surface area (Å²) in [5.74, 6) is -1.53. The van der Waals surface area contributed by atoms with Crippen molar-refractivity contribution in [3.63, 3.8) is 0 Å². The van der Waals surface area contributed by atoms with Crippen LogP contribution in [0.3, 0.4) is 0 Å². The summed E-state index contributed by atoms with van der Waals surface area (Å²) in [5, 5.41) is 12.3. The number of aliphatic hydroxyl groups excluding tert-OH is 1. The molecule has 6 atom stereocenters.